The fraction of sp³-hybridized carbons (Fsp3) is 0.750. The maximum Gasteiger partial charge on any atom is 0.452 e. The lowest BCUT2D eigenvalue weighted by molar-refractivity contribution is -0.144. The summed E-state index contributed by atoms with van der Waals surface area (Å²) in [7, 11) is 0. The molecule has 0 aromatic carbocycles. The molecule has 0 saturated heterocycles. The molecule has 2 N–H and O–H groups in total. The van der Waals surface area contributed by atoms with Crippen LogP contribution >= 0.6 is 11.5 Å². The van der Waals surface area contributed by atoms with Gasteiger partial charge in [-0.3, -0.25) is 0 Å². The standard InChI is InChI=1S/C8H10F3N3OS/c9-8(10,11)6-13-7(16-14-6)15-5-2-1-4(12)3-5/h4-5H,1-3,12H2. The zero-order valence-corrected chi connectivity index (χ0v) is 9.01. The van der Waals surface area contributed by atoms with Crippen LogP contribution in [-0.4, -0.2) is 21.5 Å². The Bertz CT molecular complexity index is 368. The Balaban J connectivity index is 1.98. The number of aromatic nitrogens is 2. The first-order valence-electron chi connectivity index (χ1n) is 4.78. The summed E-state index contributed by atoms with van der Waals surface area (Å²) in [5.74, 6) is -1.14. The van der Waals surface area contributed by atoms with Crippen LogP contribution in [0.3, 0.4) is 0 Å². The van der Waals surface area contributed by atoms with Crippen LogP contribution in [0.4, 0.5) is 13.2 Å². The minimum absolute atomic E-state index is 0.0357. The average molecular weight is 253 g/mol. The van der Waals surface area contributed by atoms with Crippen LogP contribution in [-0.2, 0) is 6.18 Å². The Hall–Kier alpha value is -0.890. The van der Waals surface area contributed by atoms with Crippen molar-refractivity contribution in [1.29, 1.82) is 0 Å². The van der Waals surface area contributed by atoms with Crippen molar-refractivity contribution in [2.24, 2.45) is 5.73 Å². The number of rotatable bonds is 2. The van der Waals surface area contributed by atoms with Crippen molar-refractivity contribution in [2.45, 2.75) is 37.6 Å². The van der Waals surface area contributed by atoms with Gasteiger partial charge in [0.25, 0.3) is 11.0 Å². The molecule has 0 aliphatic heterocycles. The Morgan fingerprint density at radius 3 is 2.62 bits per heavy atom. The molecule has 1 aliphatic rings. The van der Waals surface area contributed by atoms with E-state index >= 15 is 0 Å². The van der Waals surface area contributed by atoms with Gasteiger partial charge in [0.1, 0.15) is 6.10 Å². The van der Waals surface area contributed by atoms with Gasteiger partial charge in [-0.05, 0) is 19.3 Å². The molecule has 1 saturated carbocycles. The largest absolute Gasteiger partial charge is 0.466 e. The summed E-state index contributed by atoms with van der Waals surface area (Å²) in [5.41, 5.74) is 5.66. The van der Waals surface area contributed by atoms with Crippen molar-refractivity contribution < 1.29 is 17.9 Å². The van der Waals surface area contributed by atoms with Gasteiger partial charge in [-0.15, -0.1) is 0 Å². The third-order valence-electron chi connectivity index (χ3n) is 2.35. The molecule has 1 fully saturated rings. The molecular weight excluding hydrogens is 243 g/mol. The Morgan fingerprint density at radius 1 is 1.38 bits per heavy atom. The Labute approximate surface area is 93.8 Å². The van der Waals surface area contributed by atoms with Crippen molar-refractivity contribution in [3.63, 3.8) is 0 Å². The van der Waals surface area contributed by atoms with Crippen LogP contribution in [0.25, 0.3) is 0 Å². The molecular formula is C8H10F3N3OS. The summed E-state index contributed by atoms with van der Waals surface area (Å²) in [4.78, 5) is 3.29. The molecule has 90 valence electrons. The number of nitrogens with zero attached hydrogens (tertiary/aromatic N) is 2. The van der Waals surface area contributed by atoms with Crippen molar-refractivity contribution in [2.75, 3.05) is 0 Å². The zero-order valence-electron chi connectivity index (χ0n) is 8.20. The van der Waals surface area contributed by atoms with E-state index in [0.29, 0.717) is 18.0 Å². The van der Waals surface area contributed by atoms with Crippen LogP contribution in [0, 0.1) is 0 Å². The molecule has 0 bridgehead atoms. The van der Waals surface area contributed by atoms with E-state index in [4.69, 9.17) is 10.5 Å². The first kappa shape index (κ1) is 11.6. The average Bonchev–Trinajstić information content (AvgIpc) is 2.74. The second-order valence-electron chi connectivity index (χ2n) is 3.69. The number of nitrogens with two attached hydrogens (primary N) is 1. The number of hydrogen-bond donors (Lipinski definition) is 1. The molecule has 0 spiro atoms. The van der Waals surface area contributed by atoms with Crippen LogP contribution in [0.5, 0.6) is 5.19 Å². The molecule has 1 aliphatic carbocycles. The molecule has 2 unspecified atom stereocenters. The summed E-state index contributed by atoms with van der Waals surface area (Å²) in [6.07, 6.45) is -2.41. The van der Waals surface area contributed by atoms with Gasteiger partial charge in [-0.2, -0.15) is 22.5 Å². The van der Waals surface area contributed by atoms with Gasteiger partial charge >= 0.3 is 6.18 Å². The molecule has 1 heterocycles. The quantitative estimate of drug-likeness (QED) is 0.873. The fourth-order valence-electron chi connectivity index (χ4n) is 1.60. The maximum absolute atomic E-state index is 12.2. The first-order valence-corrected chi connectivity index (χ1v) is 5.55. The third-order valence-corrected chi connectivity index (χ3v) is 2.96. The highest BCUT2D eigenvalue weighted by molar-refractivity contribution is 7.07. The summed E-state index contributed by atoms with van der Waals surface area (Å²) in [6, 6.07) is 0.0695. The summed E-state index contributed by atoms with van der Waals surface area (Å²) >= 11 is 0.620. The molecule has 1 aromatic rings. The van der Waals surface area contributed by atoms with E-state index < -0.39 is 12.0 Å². The van der Waals surface area contributed by atoms with Crippen LogP contribution < -0.4 is 10.5 Å². The third kappa shape index (κ3) is 2.62. The van der Waals surface area contributed by atoms with Gasteiger partial charge in [-0.1, -0.05) is 0 Å². The highest BCUT2D eigenvalue weighted by Crippen LogP contribution is 2.31. The predicted octanol–water partition coefficient (Wildman–Crippen LogP) is 1.82. The van der Waals surface area contributed by atoms with Gasteiger partial charge in [-0.25, -0.2) is 0 Å². The van der Waals surface area contributed by atoms with Gasteiger partial charge in [0.05, 0.1) is 0 Å². The molecule has 2 rings (SSSR count). The normalized spacial score (nSPS) is 26.0. The zero-order chi connectivity index (χ0) is 11.8. The highest BCUT2D eigenvalue weighted by atomic mass is 32.1. The van der Waals surface area contributed by atoms with E-state index in [0.717, 1.165) is 12.8 Å². The lowest BCUT2D eigenvalue weighted by atomic mass is 10.3. The second-order valence-corrected chi connectivity index (χ2v) is 4.41. The van der Waals surface area contributed by atoms with Gasteiger partial charge in [0.15, 0.2) is 0 Å². The monoisotopic (exact) mass is 253 g/mol. The van der Waals surface area contributed by atoms with Crippen molar-refractivity contribution in [3.05, 3.63) is 5.82 Å². The van der Waals surface area contributed by atoms with E-state index in [-0.39, 0.29) is 17.3 Å². The number of hydrogen-bond acceptors (Lipinski definition) is 5. The van der Waals surface area contributed by atoms with E-state index in [9.17, 15) is 13.2 Å². The Morgan fingerprint density at radius 2 is 2.12 bits per heavy atom. The van der Waals surface area contributed by atoms with Crippen LogP contribution in [0.1, 0.15) is 25.1 Å². The van der Waals surface area contributed by atoms with Crippen molar-refractivity contribution in [3.8, 4) is 5.19 Å². The molecule has 0 amide bonds. The van der Waals surface area contributed by atoms with Gasteiger partial charge < -0.3 is 10.5 Å². The lowest BCUT2D eigenvalue weighted by Crippen LogP contribution is -2.19. The Kier molecular flexibility index (Phi) is 3.02. The maximum atomic E-state index is 12.2. The second kappa shape index (κ2) is 4.17. The fourth-order valence-corrected chi connectivity index (χ4v) is 2.21. The van der Waals surface area contributed by atoms with E-state index in [1.807, 2.05) is 0 Å². The number of alkyl halides is 3. The first-order chi connectivity index (χ1) is 7.45. The van der Waals surface area contributed by atoms with Crippen molar-refractivity contribution >= 4 is 11.5 Å². The van der Waals surface area contributed by atoms with Gasteiger partial charge in [0, 0.05) is 17.6 Å². The molecule has 1 aromatic heterocycles. The highest BCUT2D eigenvalue weighted by Gasteiger charge is 2.36. The van der Waals surface area contributed by atoms with E-state index in [2.05, 4.69) is 9.36 Å². The van der Waals surface area contributed by atoms with Crippen molar-refractivity contribution in [1.82, 2.24) is 9.36 Å². The van der Waals surface area contributed by atoms with Gasteiger partial charge in [0.2, 0.25) is 0 Å². The lowest BCUT2D eigenvalue weighted by Gasteiger charge is -2.09. The molecule has 4 nitrogen and oxygen atoms in total. The van der Waals surface area contributed by atoms with E-state index in [1.54, 1.807) is 0 Å². The number of halogens is 3. The summed E-state index contributed by atoms with van der Waals surface area (Å²) < 4.78 is 45.0. The topological polar surface area (TPSA) is 61.0 Å². The SMILES string of the molecule is NC1CCC(Oc2nc(C(F)(F)F)ns2)C1. The minimum Gasteiger partial charge on any atom is -0.466 e. The van der Waals surface area contributed by atoms with E-state index in [1.165, 1.54) is 0 Å². The summed E-state index contributed by atoms with van der Waals surface area (Å²) in [5, 5.41) is -0.0357. The van der Waals surface area contributed by atoms with Crippen LogP contribution in [0.2, 0.25) is 0 Å². The summed E-state index contributed by atoms with van der Waals surface area (Å²) in [6.45, 7) is 0. The molecule has 0 radical (unpaired) electrons. The predicted molar refractivity (Wildman–Crippen MR) is 51.2 cm³/mol. The smallest absolute Gasteiger partial charge is 0.452 e. The van der Waals surface area contributed by atoms with Crippen LogP contribution in [0.15, 0.2) is 0 Å². The molecule has 8 heteroatoms. The molecule has 16 heavy (non-hydrogen) atoms. The number of ether oxygens (including phenoxy) is 1. The minimum atomic E-state index is -4.51. The molecule has 2 atom stereocenters.